The Hall–Kier alpha value is -2.32. The summed E-state index contributed by atoms with van der Waals surface area (Å²) in [4.78, 5) is 15.7. The molecule has 0 fully saturated rings. The van der Waals surface area contributed by atoms with Crippen LogP contribution in [0, 0.1) is 0 Å². The van der Waals surface area contributed by atoms with Crippen LogP contribution < -0.4 is 14.2 Å². The maximum atomic E-state index is 12.4. The molecule has 1 N–H and O–H groups in total. The number of carbonyl (C=O) groups excluding carboxylic acids is 1. The Morgan fingerprint density at radius 3 is 2.62 bits per heavy atom. The molecule has 1 aromatic carbocycles. The van der Waals surface area contributed by atoms with Crippen molar-refractivity contribution in [2.75, 3.05) is 13.2 Å². The normalized spacial score (nSPS) is 13.9. The Labute approximate surface area is 143 Å². The second-order valence-corrected chi connectivity index (χ2v) is 7.03. The molecule has 1 aromatic heterocycles. The number of ether oxygens (including phenoxy) is 2. The Morgan fingerprint density at radius 1 is 1.12 bits per heavy atom. The van der Waals surface area contributed by atoms with Crippen molar-refractivity contribution in [3.05, 3.63) is 47.2 Å². The van der Waals surface area contributed by atoms with E-state index in [-0.39, 0.29) is 15.6 Å². The lowest BCUT2D eigenvalue weighted by Crippen LogP contribution is -2.30. The molecule has 3 rings (SSSR count). The minimum absolute atomic E-state index is 0.0907. The molecule has 0 saturated heterocycles. The summed E-state index contributed by atoms with van der Waals surface area (Å²) < 4.78 is 37.7. The summed E-state index contributed by atoms with van der Waals surface area (Å²) in [5.41, 5.74) is 0.0907. The van der Waals surface area contributed by atoms with Crippen LogP contribution in [0.15, 0.2) is 41.4 Å². The van der Waals surface area contributed by atoms with E-state index in [1.165, 1.54) is 36.5 Å². The number of amides is 1. The van der Waals surface area contributed by atoms with Crippen LogP contribution in [0.1, 0.15) is 16.8 Å². The van der Waals surface area contributed by atoms with Gasteiger partial charge in [-0.25, -0.2) is 18.1 Å². The zero-order valence-corrected chi connectivity index (χ0v) is 13.9. The third-order valence-electron chi connectivity index (χ3n) is 3.25. The zero-order valence-electron chi connectivity index (χ0n) is 12.4. The molecule has 0 unspecified atom stereocenters. The number of benzene rings is 1. The number of pyridine rings is 1. The fraction of sp³-hybridized carbons (Fsp3) is 0.200. The molecule has 1 aliphatic heterocycles. The highest BCUT2D eigenvalue weighted by atomic mass is 35.5. The molecule has 0 spiro atoms. The van der Waals surface area contributed by atoms with Gasteiger partial charge in [0.15, 0.2) is 11.5 Å². The maximum absolute atomic E-state index is 12.4. The van der Waals surface area contributed by atoms with Crippen molar-refractivity contribution in [3.63, 3.8) is 0 Å². The van der Waals surface area contributed by atoms with Crippen LogP contribution in [0.5, 0.6) is 11.5 Å². The quantitative estimate of drug-likeness (QED) is 0.833. The Morgan fingerprint density at radius 2 is 1.88 bits per heavy atom. The summed E-state index contributed by atoms with van der Waals surface area (Å²) in [5.74, 6) is -0.000108. The number of sulfonamides is 1. The van der Waals surface area contributed by atoms with E-state index < -0.39 is 15.9 Å². The molecule has 2 aromatic rings. The Kier molecular flexibility index (Phi) is 4.59. The molecule has 1 amide bonds. The fourth-order valence-electron chi connectivity index (χ4n) is 2.09. The molecule has 1 aliphatic rings. The lowest BCUT2D eigenvalue weighted by atomic mass is 10.3. The average Bonchev–Trinajstić information content (AvgIpc) is 2.79. The third kappa shape index (κ3) is 3.60. The largest absolute Gasteiger partial charge is 0.490 e. The molecule has 2 heterocycles. The van der Waals surface area contributed by atoms with Crippen LogP contribution in [-0.2, 0) is 10.0 Å². The van der Waals surface area contributed by atoms with Gasteiger partial charge in [0.2, 0.25) is 0 Å². The molecule has 0 radical (unpaired) electrons. The van der Waals surface area contributed by atoms with Gasteiger partial charge in [0.05, 0.1) is 18.1 Å². The Balaban J connectivity index is 1.85. The topological polar surface area (TPSA) is 94.6 Å². The van der Waals surface area contributed by atoms with E-state index in [9.17, 15) is 13.2 Å². The third-order valence-corrected chi connectivity index (χ3v) is 4.78. The summed E-state index contributed by atoms with van der Waals surface area (Å²) in [6.07, 6.45) is 2.02. The predicted molar refractivity (Wildman–Crippen MR) is 85.9 cm³/mol. The first-order chi connectivity index (χ1) is 11.5. The maximum Gasteiger partial charge on any atom is 0.265 e. The van der Waals surface area contributed by atoms with Crippen LogP contribution in [-0.4, -0.2) is 32.5 Å². The standard InChI is InChI=1S/C15H13ClN2O5S/c16-14-8-10(4-5-17-14)15(19)18-24(20,21)11-2-3-12-13(9-11)23-7-1-6-22-12/h2-5,8-9H,1,6-7H2,(H,18,19). The molecule has 0 bridgehead atoms. The van der Waals surface area contributed by atoms with Gasteiger partial charge in [0, 0.05) is 24.2 Å². The minimum atomic E-state index is -4.06. The number of hydrogen-bond donors (Lipinski definition) is 1. The molecule has 126 valence electrons. The van der Waals surface area contributed by atoms with Crippen molar-refractivity contribution in [2.24, 2.45) is 0 Å². The molecular formula is C15H13ClN2O5S. The van der Waals surface area contributed by atoms with Crippen molar-refractivity contribution in [2.45, 2.75) is 11.3 Å². The van der Waals surface area contributed by atoms with Gasteiger partial charge >= 0.3 is 0 Å². The van der Waals surface area contributed by atoms with Crippen molar-refractivity contribution in [1.29, 1.82) is 0 Å². The molecule has 0 saturated carbocycles. The van der Waals surface area contributed by atoms with Gasteiger partial charge in [0.25, 0.3) is 15.9 Å². The van der Waals surface area contributed by atoms with Crippen LogP contribution in [0.4, 0.5) is 0 Å². The van der Waals surface area contributed by atoms with Crippen LogP contribution in [0.2, 0.25) is 5.15 Å². The first kappa shape index (κ1) is 16.5. The number of aromatic nitrogens is 1. The SMILES string of the molecule is O=C(NS(=O)(=O)c1ccc2c(c1)OCCCO2)c1ccnc(Cl)c1. The van der Waals surface area contributed by atoms with Gasteiger partial charge in [-0.05, 0) is 24.3 Å². The summed E-state index contributed by atoms with van der Waals surface area (Å²) in [6.45, 7) is 0.928. The first-order valence-electron chi connectivity index (χ1n) is 7.04. The predicted octanol–water partition coefficient (Wildman–Crippen LogP) is 2.01. The van der Waals surface area contributed by atoms with E-state index in [4.69, 9.17) is 21.1 Å². The lowest BCUT2D eigenvalue weighted by Gasteiger charge is -2.11. The number of fused-ring (bicyclic) bond motifs is 1. The summed E-state index contributed by atoms with van der Waals surface area (Å²) in [7, 11) is -4.06. The minimum Gasteiger partial charge on any atom is -0.490 e. The highest BCUT2D eigenvalue weighted by Crippen LogP contribution is 2.31. The molecule has 24 heavy (non-hydrogen) atoms. The van der Waals surface area contributed by atoms with E-state index in [0.717, 1.165) is 0 Å². The number of carbonyl (C=O) groups is 1. The highest BCUT2D eigenvalue weighted by molar-refractivity contribution is 7.90. The summed E-state index contributed by atoms with van der Waals surface area (Å²) in [6, 6.07) is 6.83. The smallest absolute Gasteiger partial charge is 0.265 e. The van der Waals surface area contributed by atoms with Crippen molar-refractivity contribution < 1.29 is 22.7 Å². The number of rotatable bonds is 3. The fourth-order valence-corrected chi connectivity index (χ4v) is 3.26. The molecule has 7 nitrogen and oxygen atoms in total. The van der Waals surface area contributed by atoms with Gasteiger partial charge in [-0.2, -0.15) is 0 Å². The van der Waals surface area contributed by atoms with Gasteiger partial charge in [0.1, 0.15) is 5.15 Å². The summed E-state index contributed by atoms with van der Waals surface area (Å²) in [5, 5.41) is 0.0932. The lowest BCUT2D eigenvalue weighted by molar-refractivity contribution is 0.0981. The molecule has 0 aliphatic carbocycles. The van der Waals surface area contributed by atoms with Crippen LogP contribution in [0.3, 0.4) is 0 Å². The van der Waals surface area contributed by atoms with E-state index in [1.807, 2.05) is 4.72 Å². The Bertz CT molecular complexity index is 885. The van der Waals surface area contributed by atoms with E-state index in [0.29, 0.717) is 31.1 Å². The van der Waals surface area contributed by atoms with Crippen molar-refractivity contribution >= 4 is 27.5 Å². The number of nitrogens with one attached hydrogen (secondary N) is 1. The molecule has 9 heteroatoms. The highest BCUT2D eigenvalue weighted by Gasteiger charge is 2.22. The second kappa shape index (κ2) is 6.66. The van der Waals surface area contributed by atoms with Crippen LogP contribution in [0.25, 0.3) is 0 Å². The number of hydrogen-bond acceptors (Lipinski definition) is 6. The average molecular weight is 369 g/mol. The van der Waals surface area contributed by atoms with Gasteiger partial charge in [-0.15, -0.1) is 0 Å². The molecule has 0 atom stereocenters. The van der Waals surface area contributed by atoms with E-state index >= 15 is 0 Å². The second-order valence-electron chi connectivity index (χ2n) is 4.96. The van der Waals surface area contributed by atoms with E-state index in [1.54, 1.807) is 0 Å². The summed E-state index contributed by atoms with van der Waals surface area (Å²) >= 11 is 5.70. The monoisotopic (exact) mass is 368 g/mol. The van der Waals surface area contributed by atoms with E-state index in [2.05, 4.69) is 4.98 Å². The van der Waals surface area contributed by atoms with Gasteiger partial charge < -0.3 is 9.47 Å². The van der Waals surface area contributed by atoms with Crippen molar-refractivity contribution in [3.8, 4) is 11.5 Å². The first-order valence-corrected chi connectivity index (χ1v) is 8.90. The zero-order chi connectivity index (χ0) is 17.2. The molecular weight excluding hydrogens is 356 g/mol. The van der Waals surface area contributed by atoms with Crippen LogP contribution >= 0.6 is 11.6 Å². The number of nitrogens with zero attached hydrogens (tertiary/aromatic N) is 1. The van der Waals surface area contributed by atoms with Gasteiger partial charge in [-0.1, -0.05) is 11.6 Å². The van der Waals surface area contributed by atoms with Crippen molar-refractivity contribution in [1.82, 2.24) is 9.71 Å². The van der Waals surface area contributed by atoms with Gasteiger partial charge in [-0.3, -0.25) is 4.79 Å². The number of halogens is 1.